The molecule has 10 heteroatoms. The minimum atomic E-state index is -3.71. The molecular weight excluding hydrogens is 456 g/mol. The number of hydrogen-bond donors (Lipinski definition) is 2. The molecule has 27 heavy (non-hydrogen) atoms. The summed E-state index contributed by atoms with van der Waals surface area (Å²) in [5.74, 6) is 0. The highest BCUT2D eigenvalue weighted by Gasteiger charge is 2.32. The van der Waals surface area contributed by atoms with E-state index in [0.717, 1.165) is 25.7 Å². The number of nitrogens with zero attached hydrogens (tertiary/aromatic N) is 2. The van der Waals surface area contributed by atoms with Crippen LogP contribution >= 0.6 is 27.5 Å². The van der Waals surface area contributed by atoms with E-state index < -0.39 is 10.0 Å². The topological polar surface area (TPSA) is 91.4 Å². The van der Waals surface area contributed by atoms with E-state index >= 15 is 0 Å². The van der Waals surface area contributed by atoms with Crippen molar-refractivity contribution in [2.24, 2.45) is 0 Å². The number of pyridine rings is 1. The van der Waals surface area contributed by atoms with Gasteiger partial charge in [0.05, 0.1) is 0 Å². The molecule has 0 unspecified atom stereocenters. The summed E-state index contributed by atoms with van der Waals surface area (Å²) in [4.78, 5) is 16.1. The highest BCUT2D eigenvalue weighted by Crippen LogP contribution is 2.27. The second-order valence-electron chi connectivity index (χ2n) is 7.07. The summed E-state index contributed by atoms with van der Waals surface area (Å²) in [7, 11) is -3.71. The van der Waals surface area contributed by atoms with Crippen molar-refractivity contribution in [2.45, 2.75) is 61.9 Å². The Kier molecular flexibility index (Phi) is 6.99. The molecule has 1 aromatic heterocycles. The summed E-state index contributed by atoms with van der Waals surface area (Å²) in [6.07, 6.45) is 8.22. The van der Waals surface area contributed by atoms with Gasteiger partial charge in [-0.15, -0.1) is 0 Å². The highest BCUT2D eigenvalue weighted by atomic mass is 79.9. The van der Waals surface area contributed by atoms with Crippen LogP contribution in [-0.2, 0) is 10.0 Å². The molecule has 0 radical (unpaired) electrons. The van der Waals surface area contributed by atoms with Crippen molar-refractivity contribution in [3.63, 3.8) is 0 Å². The van der Waals surface area contributed by atoms with Crippen LogP contribution in [0.2, 0.25) is 5.15 Å². The third-order valence-corrected chi connectivity index (χ3v) is 7.88. The van der Waals surface area contributed by atoms with Crippen LogP contribution in [0.1, 0.15) is 44.9 Å². The maximum absolute atomic E-state index is 12.8. The van der Waals surface area contributed by atoms with Crippen LogP contribution in [0.15, 0.2) is 21.6 Å². The first-order valence-electron chi connectivity index (χ1n) is 9.24. The standard InChI is InChI=1S/C17H24BrClN4O3S/c18-12-10-15(16(19)20-11-12)27(25,26)23-8-6-14(7-9-23)22-17(24)21-13-4-2-1-3-5-13/h10-11,13-14H,1-9H2,(H2,21,22,24). The average Bonchev–Trinajstić information content (AvgIpc) is 2.65. The second-order valence-corrected chi connectivity index (χ2v) is 10.3. The SMILES string of the molecule is O=C(NC1CCCCC1)NC1CCN(S(=O)(=O)c2cc(Br)cnc2Cl)CC1. The van der Waals surface area contributed by atoms with Crippen molar-refractivity contribution in [3.05, 3.63) is 21.9 Å². The van der Waals surface area contributed by atoms with Crippen LogP contribution in [0.25, 0.3) is 0 Å². The third-order valence-electron chi connectivity index (χ3n) is 5.12. The summed E-state index contributed by atoms with van der Waals surface area (Å²) >= 11 is 9.22. The largest absolute Gasteiger partial charge is 0.335 e. The molecule has 3 rings (SSSR count). The smallest absolute Gasteiger partial charge is 0.315 e. The molecule has 2 amide bonds. The number of piperidine rings is 1. The lowest BCUT2D eigenvalue weighted by Gasteiger charge is -2.32. The maximum atomic E-state index is 12.8. The van der Waals surface area contributed by atoms with Gasteiger partial charge in [-0.2, -0.15) is 4.31 Å². The number of aromatic nitrogens is 1. The molecule has 1 aliphatic heterocycles. The van der Waals surface area contributed by atoms with E-state index in [1.807, 2.05) is 0 Å². The van der Waals surface area contributed by atoms with Gasteiger partial charge in [0.25, 0.3) is 0 Å². The van der Waals surface area contributed by atoms with E-state index in [2.05, 4.69) is 31.5 Å². The molecule has 2 fully saturated rings. The van der Waals surface area contributed by atoms with Crippen molar-refractivity contribution in [1.29, 1.82) is 0 Å². The molecule has 0 atom stereocenters. The van der Waals surface area contributed by atoms with Crippen molar-refractivity contribution >= 4 is 43.6 Å². The van der Waals surface area contributed by atoms with E-state index in [-0.39, 0.29) is 28.2 Å². The molecule has 0 bridgehead atoms. The Hall–Kier alpha value is -0.900. The van der Waals surface area contributed by atoms with Gasteiger partial charge in [0.2, 0.25) is 10.0 Å². The van der Waals surface area contributed by atoms with Gasteiger partial charge in [-0.3, -0.25) is 0 Å². The Morgan fingerprint density at radius 3 is 2.33 bits per heavy atom. The molecule has 1 aliphatic carbocycles. The van der Waals surface area contributed by atoms with Crippen molar-refractivity contribution in [2.75, 3.05) is 13.1 Å². The first kappa shape index (κ1) is 20.8. The lowest BCUT2D eigenvalue weighted by atomic mass is 9.96. The summed E-state index contributed by atoms with van der Waals surface area (Å²) < 4.78 is 27.6. The van der Waals surface area contributed by atoms with Gasteiger partial charge in [-0.1, -0.05) is 30.9 Å². The fourth-order valence-electron chi connectivity index (χ4n) is 3.62. The number of urea groups is 1. The first-order valence-corrected chi connectivity index (χ1v) is 11.9. The van der Waals surface area contributed by atoms with E-state index in [4.69, 9.17) is 11.6 Å². The van der Waals surface area contributed by atoms with Crippen LogP contribution in [0.4, 0.5) is 4.79 Å². The number of amides is 2. The molecule has 1 aromatic rings. The summed E-state index contributed by atoms with van der Waals surface area (Å²) in [6.45, 7) is 0.666. The number of sulfonamides is 1. The number of halogens is 2. The quantitative estimate of drug-likeness (QED) is 0.648. The molecule has 1 saturated heterocycles. The zero-order valence-corrected chi connectivity index (χ0v) is 18.1. The molecule has 0 spiro atoms. The fourth-order valence-corrected chi connectivity index (χ4v) is 6.01. The van der Waals surface area contributed by atoms with Crippen LogP contribution in [0.5, 0.6) is 0 Å². The zero-order chi connectivity index (χ0) is 19.4. The van der Waals surface area contributed by atoms with Crippen molar-refractivity contribution in [3.8, 4) is 0 Å². The van der Waals surface area contributed by atoms with E-state index in [1.165, 1.54) is 23.0 Å². The Balaban J connectivity index is 1.53. The highest BCUT2D eigenvalue weighted by molar-refractivity contribution is 9.10. The van der Waals surface area contributed by atoms with Gasteiger partial charge in [0, 0.05) is 35.8 Å². The predicted octanol–water partition coefficient (Wildman–Crippen LogP) is 3.28. The molecule has 150 valence electrons. The van der Waals surface area contributed by atoms with Gasteiger partial charge in [0.15, 0.2) is 0 Å². The number of hydrogen-bond acceptors (Lipinski definition) is 4. The monoisotopic (exact) mass is 478 g/mol. The van der Waals surface area contributed by atoms with Crippen LogP contribution < -0.4 is 10.6 Å². The fraction of sp³-hybridized carbons (Fsp3) is 0.647. The van der Waals surface area contributed by atoms with Crippen LogP contribution in [-0.4, -0.2) is 48.9 Å². The summed E-state index contributed by atoms with van der Waals surface area (Å²) in [5, 5.41) is 5.98. The minimum Gasteiger partial charge on any atom is -0.335 e. The Morgan fingerprint density at radius 1 is 1.11 bits per heavy atom. The number of rotatable bonds is 4. The van der Waals surface area contributed by atoms with Gasteiger partial charge < -0.3 is 10.6 Å². The normalized spacial score (nSPS) is 20.4. The molecular formula is C17H24BrClN4O3S. The number of carbonyl (C=O) groups excluding carboxylic acids is 1. The lowest BCUT2D eigenvalue weighted by Crippen LogP contribution is -2.51. The second kappa shape index (κ2) is 9.07. The van der Waals surface area contributed by atoms with Crippen molar-refractivity contribution in [1.82, 2.24) is 19.9 Å². The van der Waals surface area contributed by atoms with E-state index in [9.17, 15) is 13.2 Å². The van der Waals surface area contributed by atoms with Gasteiger partial charge in [-0.25, -0.2) is 18.2 Å². The molecule has 2 N–H and O–H groups in total. The summed E-state index contributed by atoms with van der Waals surface area (Å²) in [5.41, 5.74) is 0. The van der Waals surface area contributed by atoms with E-state index in [0.29, 0.717) is 30.4 Å². The van der Waals surface area contributed by atoms with Gasteiger partial charge in [0.1, 0.15) is 10.0 Å². The summed E-state index contributed by atoms with van der Waals surface area (Å²) in [6, 6.07) is 1.54. The minimum absolute atomic E-state index is 0.00000704. The third kappa shape index (κ3) is 5.34. The van der Waals surface area contributed by atoms with Gasteiger partial charge >= 0.3 is 6.03 Å². The van der Waals surface area contributed by atoms with Crippen LogP contribution in [0.3, 0.4) is 0 Å². The van der Waals surface area contributed by atoms with Gasteiger partial charge in [-0.05, 0) is 47.7 Å². The zero-order valence-electron chi connectivity index (χ0n) is 15.0. The average molecular weight is 480 g/mol. The predicted molar refractivity (Wildman–Crippen MR) is 107 cm³/mol. The molecule has 0 aromatic carbocycles. The van der Waals surface area contributed by atoms with E-state index in [1.54, 1.807) is 0 Å². The molecule has 7 nitrogen and oxygen atoms in total. The first-order chi connectivity index (χ1) is 12.9. The number of nitrogens with one attached hydrogen (secondary N) is 2. The van der Waals surface area contributed by atoms with Crippen molar-refractivity contribution < 1.29 is 13.2 Å². The molecule has 2 heterocycles. The number of carbonyl (C=O) groups is 1. The molecule has 2 aliphatic rings. The maximum Gasteiger partial charge on any atom is 0.315 e. The lowest BCUT2D eigenvalue weighted by molar-refractivity contribution is 0.220. The Labute approximate surface area is 173 Å². The molecule has 1 saturated carbocycles. The van der Waals surface area contributed by atoms with Crippen LogP contribution in [0, 0.1) is 0 Å². The Bertz CT molecular complexity index is 778. The Morgan fingerprint density at radius 2 is 1.70 bits per heavy atom.